The summed E-state index contributed by atoms with van der Waals surface area (Å²) < 4.78 is 2.39. The molecule has 4 nitrogen and oxygen atoms in total. The Bertz CT molecular complexity index is 425. The van der Waals surface area contributed by atoms with Gasteiger partial charge in [-0.3, -0.25) is 4.79 Å². The SMILES string of the molecule is Cn1c(C(=O)NC2C=CCCC2)cnc1Br. The first-order valence-corrected chi connectivity index (χ1v) is 6.12. The van der Waals surface area contributed by atoms with Crippen molar-refractivity contribution in [1.29, 1.82) is 0 Å². The van der Waals surface area contributed by atoms with Crippen LogP contribution in [0, 0.1) is 0 Å². The molecular formula is C11H14BrN3O. The van der Waals surface area contributed by atoms with E-state index >= 15 is 0 Å². The lowest BCUT2D eigenvalue weighted by Gasteiger charge is -2.17. The summed E-state index contributed by atoms with van der Waals surface area (Å²) in [4.78, 5) is 16.0. The van der Waals surface area contributed by atoms with Crippen LogP contribution in [0.2, 0.25) is 0 Å². The van der Waals surface area contributed by atoms with Crippen molar-refractivity contribution >= 4 is 21.8 Å². The standard InChI is InChI=1S/C11H14BrN3O/c1-15-9(7-13-11(15)12)10(16)14-8-5-3-2-4-6-8/h3,5,7-8H,2,4,6H2,1H3,(H,14,16). The largest absolute Gasteiger partial charge is 0.345 e. The highest BCUT2D eigenvalue weighted by atomic mass is 79.9. The van der Waals surface area contributed by atoms with Crippen LogP contribution >= 0.6 is 15.9 Å². The molecule has 16 heavy (non-hydrogen) atoms. The molecule has 1 unspecified atom stereocenters. The predicted octanol–water partition coefficient (Wildman–Crippen LogP) is 2.02. The quantitative estimate of drug-likeness (QED) is 0.845. The molecule has 0 aliphatic heterocycles. The number of carbonyl (C=O) groups excluding carboxylic acids is 1. The first-order chi connectivity index (χ1) is 7.68. The van der Waals surface area contributed by atoms with Crippen molar-refractivity contribution < 1.29 is 4.79 Å². The van der Waals surface area contributed by atoms with E-state index in [0.717, 1.165) is 19.3 Å². The van der Waals surface area contributed by atoms with E-state index < -0.39 is 0 Å². The summed E-state index contributed by atoms with van der Waals surface area (Å²) in [5, 5.41) is 2.98. The second-order valence-corrected chi connectivity index (χ2v) is 4.62. The van der Waals surface area contributed by atoms with Crippen molar-refractivity contribution in [1.82, 2.24) is 14.9 Å². The Hall–Kier alpha value is -1.10. The smallest absolute Gasteiger partial charge is 0.270 e. The normalized spacial score (nSPS) is 19.8. The van der Waals surface area contributed by atoms with Crippen molar-refractivity contribution in [3.63, 3.8) is 0 Å². The van der Waals surface area contributed by atoms with Crippen LogP contribution in [0.5, 0.6) is 0 Å². The van der Waals surface area contributed by atoms with E-state index in [4.69, 9.17) is 0 Å². The summed E-state index contributed by atoms with van der Waals surface area (Å²) in [6.45, 7) is 0. The molecule has 0 fully saturated rings. The highest BCUT2D eigenvalue weighted by molar-refractivity contribution is 9.10. The first kappa shape index (κ1) is 11.4. The van der Waals surface area contributed by atoms with Gasteiger partial charge >= 0.3 is 0 Å². The molecule has 0 saturated carbocycles. The van der Waals surface area contributed by atoms with Crippen LogP contribution in [0.1, 0.15) is 29.8 Å². The van der Waals surface area contributed by atoms with Crippen molar-refractivity contribution in [2.45, 2.75) is 25.3 Å². The number of aromatic nitrogens is 2. The van der Waals surface area contributed by atoms with Crippen LogP contribution in [-0.2, 0) is 7.05 Å². The molecule has 1 aromatic rings. The molecule has 0 spiro atoms. The lowest BCUT2D eigenvalue weighted by molar-refractivity contribution is 0.0933. The zero-order chi connectivity index (χ0) is 11.5. The zero-order valence-electron chi connectivity index (χ0n) is 9.11. The number of hydrogen-bond donors (Lipinski definition) is 1. The fourth-order valence-electron chi connectivity index (χ4n) is 1.77. The van der Waals surface area contributed by atoms with Gasteiger partial charge in [-0.05, 0) is 35.2 Å². The molecule has 1 N–H and O–H groups in total. The molecule has 0 aromatic carbocycles. The van der Waals surface area contributed by atoms with Gasteiger partial charge in [0, 0.05) is 13.1 Å². The van der Waals surface area contributed by atoms with Gasteiger partial charge in [0.2, 0.25) is 0 Å². The maximum atomic E-state index is 11.9. The zero-order valence-corrected chi connectivity index (χ0v) is 10.7. The van der Waals surface area contributed by atoms with E-state index in [1.165, 1.54) is 0 Å². The molecule has 1 heterocycles. The van der Waals surface area contributed by atoms with Gasteiger partial charge in [-0.1, -0.05) is 12.2 Å². The molecule has 0 radical (unpaired) electrons. The first-order valence-electron chi connectivity index (χ1n) is 5.33. The average molecular weight is 284 g/mol. The van der Waals surface area contributed by atoms with Crippen LogP contribution in [0.25, 0.3) is 0 Å². The highest BCUT2D eigenvalue weighted by Gasteiger charge is 2.16. The summed E-state index contributed by atoms with van der Waals surface area (Å²) in [5.74, 6) is -0.0720. The minimum Gasteiger partial charge on any atom is -0.345 e. The number of nitrogens with one attached hydrogen (secondary N) is 1. The van der Waals surface area contributed by atoms with Gasteiger partial charge in [0.05, 0.1) is 6.20 Å². The predicted molar refractivity (Wildman–Crippen MR) is 65.2 cm³/mol. The second kappa shape index (κ2) is 4.82. The van der Waals surface area contributed by atoms with Gasteiger partial charge in [-0.15, -0.1) is 0 Å². The molecule has 1 aliphatic rings. The number of allylic oxidation sites excluding steroid dienone is 1. The van der Waals surface area contributed by atoms with E-state index in [0.29, 0.717) is 10.4 Å². The fourth-order valence-corrected chi connectivity index (χ4v) is 2.07. The minimum absolute atomic E-state index is 0.0720. The molecule has 5 heteroatoms. The molecule has 1 amide bonds. The number of nitrogens with zero attached hydrogens (tertiary/aromatic N) is 2. The Balaban J connectivity index is 2.05. The third-order valence-electron chi connectivity index (χ3n) is 2.73. The van der Waals surface area contributed by atoms with Gasteiger partial charge in [0.1, 0.15) is 5.69 Å². The van der Waals surface area contributed by atoms with Crippen molar-refractivity contribution in [2.24, 2.45) is 7.05 Å². The fraction of sp³-hybridized carbons (Fsp3) is 0.455. The van der Waals surface area contributed by atoms with Crippen LogP contribution in [0.4, 0.5) is 0 Å². The lowest BCUT2D eigenvalue weighted by Crippen LogP contribution is -2.35. The number of hydrogen-bond acceptors (Lipinski definition) is 2. The molecule has 0 saturated heterocycles. The number of rotatable bonds is 2. The van der Waals surface area contributed by atoms with Crippen LogP contribution < -0.4 is 5.32 Å². The molecule has 1 aromatic heterocycles. The van der Waals surface area contributed by atoms with E-state index in [9.17, 15) is 4.79 Å². The molecule has 1 atom stereocenters. The Labute approximate surface area is 103 Å². The maximum absolute atomic E-state index is 11.9. The molecule has 1 aliphatic carbocycles. The number of imidazole rings is 1. The Morgan fingerprint density at radius 2 is 2.50 bits per heavy atom. The molecular weight excluding hydrogens is 270 g/mol. The van der Waals surface area contributed by atoms with Gasteiger partial charge in [-0.2, -0.15) is 0 Å². The summed E-state index contributed by atoms with van der Waals surface area (Å²) >= 11 is 3.27. The number of halogens is 1. The van der Waals surface area contributed by atoms with E-state index in [-0.39, 0.29) is 11.9 Å². The van der Waals surface area contributed by atoms with Gasteiger partial charge < -0.3 is 9.88 Å². The van der Waals surface area contributed by atoms with Gasteiger partial charge in [0.15, 0.2) is 4.73 Å². The van der Waals surface area contributed by atoms with Crippen LogP contribution in [-0.4, -0.2) is 21.5 Å². The molecule has 0 bridgehead atoms. The second-order valence-electron chi connectivity index (χ2n) is 3.91. The Morgan fingerprint density at radius 1 is 1.69 bits per heavy atom. The van der Waals surface area contributed by atoms with E-state index in [1.807, 2.05) is 7.05 Å². The van der Waals surface area contributed by atoms with Crippen molar-refractivity contribution in [2.75, 3.05) is 0 Å². The maximum Gasteiger partial charge on any atom is 0.270 e. The van der Waals surface area contributed by atoms with E-state index in [2.05, 4.69) is 38.4 Å². The van der Waals surface area contributed by atoms with Gasteiger partial charge in [-0.25, -0.2) is 4.98 Å². The lowest BCUT2D eigenvalue weighted by atomic mass is 10.0. The summed E-state index contributed by atoms with van der Waals surface area (Å²) in [6, 6.07) is 0.162. The number of carbonyl (C=O) groups is 1. The van der Waals surface area contributed by atoms with E-state index in [1.54, 1.807) is 10.8 Å². The third-order valence-corrected chi connectivity index (χ3v) is 3.47. The third kappa shape index (κ3) is 2.35. The van der Waals surface area contributed by atoms with Gasteiger partial charge in [0.25, 0.3) is 5.91 Å². The molecule has 2 rings (SSSR count). The summed E-state index contributed by atoms with van der Waals surface area (Å²) in [6.07, 6.45) is 9.02. The Kier molecular flexibility index (Phi) is 3.43. The minimum atomic E-state index is -0.0720. The van der Waals surface area contributed by atoms with Crippen molar-refractivity contribution in [3.05, 3.63) is 28.8 Å². The van der Waals surface area contributed by atoms with Crippen LogP contribution in [0.3, 0.4) is 0 Å². The van der Waals surface area contributed by atoms with Crippen molar-refractivity contribution in [3.8, 4) is 0 Å². The van der Waals surface area contributed by atoms with Crippen LogP contribution in [0.15, 0.2) is 23.1 Å². The topological polar surface area (TPSA) is 46.9 Å². The summed E-state index contributed by atoms with van der Waals surface area (Å²) in [7, 11) is 1.81. The monoisotopic (exact) mass is 283 g/mol. The Morgan fingerprint density at radius 3 is 3.06 bits per heavy atom. The summed E-state index contributed by atoms with van der Waals surface area (Å²) in [5.41, 5.74) is 0.575. The average Bonchev–Trinajstić information content (AvgIpc) is 2.61. The molecule has 86 valence electrons. The number of amides is 1. The highest BCUT2D eigenvalue weighted by Crippen LogP contribution is 2.12.